The molecule has 3 N–H and O–H groups in total. The van der Waals surface area contributed by atoms with Crippen LogP contribution in [0.5, 0.6) is 0 Å². The van der Waals surface area contributed by atoms with Crippen molar-refractivity contribution in [2.75, 3.05) is 16.8 Å². The molecule has 23 heavy (non-hydrogen) atoms. The highest BCUT2D eigenvalue weighted by Crippen LogP contribution is 2.11. The van der Waals surface area contributed by atoms with Crippen LogP contribution < -0.4 is 10.6 Å². The van der Waals surface area contributed by atoms with Crippen LogP contribution in [0, 0.1) is 6.92 Å². The largest absolute Gasteiger partial charge is 0.480 e. The van der Waals surface area contributed by atoms with Gasteiger partial charge in [0.2, 0.25) is 11.8 Å². The van der Waals surface area contributed by atoms with Crippen LogP contribution >= 0.6 is 11.8 Å². The van der Waals surface area contributed by atoms with E-state index in [9.17, 15) is 14.4 Å². The maximum atomic E-state index is 11.8. The molecule has 0 aliphatic rings. The van der Waals surface area contributed by atoms with Gasteiger partial charge in [0.15, 0.2) is 0 Å². The first-order valence-corrected chi connectivity index (χ1v) is 8.54. The maximum absolute atomic E-state index is 11.8. The molecule has 126 valence electrons. The van der Waals surface area contributed by atoms with E-state index in [1.54, 1.807) is 6.92 Å². The minimum atomic E-state index is -1.04. The molecule has 0 aliphatic heterocycles. The van der Waals surface area contributed by atoms with Gasteiger partial charge in [0.05, 0.1) is 5.75 Å². The third-order valence-electron chi connectivity index (χ3n) is 3.05. The maximum Gasteiger partial charge on any atom is 0.326 e. The van der Waals surface area contributed by atoms with Crippen LogP contribution in [0.3, 0.4) is 0 Å². The molecule has 0 aliphatic carbocycles. The van der Waals surface area contributed by atoms with Gasteiger partial charge in [0, 0.05) is 17.9 Å². The molecule has 0 heterocycles. The molecular weight excluding hydrogens is 316 g/mol. The van der Waals surface area contributed by atoms with Crippen LogP contribution in [0.15, 0.2) is 24.3 Å². The number of rotatable bonds is 9. The van der Waals surface area contributed by atoms with Gasteiger partial charge in [-0.15, -0.1) is 0 Å². The van der Waals surface area contributed by atoms with Crippen molar-refractivity contribution in [3.63, 3.8) is 0 Å². The van der Waals surface area contributed by atoms with Crippen LogP contribution in [0.2, 0.25) is 0 Å². The van der Waals surface area contributed by atoms with Crippen LogP contribution in [-0.2, 0) is 14.4 Å². The number of nitrogens with one attached hydrogen (secondary N) is 2. The van der Waals surface area contributed by atoms with Crippen LogP contribution in [0.25, 0.3) is 0 Å². The molecule has 0 saturated heterocycles. The van der Waals surface area contributed by atoms with Gasteiger partial charge >= 0.3 is 5.97 Å². The Morgan fingerprint density at radius 2 is 2.00 bits per heavy atom. The van der Waals surface area contributed by atoms with Crippen molar-refractivity contribution in [2.45, 2.75) is 32.7 Å². The van der Waals surface area contributed by atoms with E-state index >= 15 is 0 Å². The predicted molar refractivity (Wildman–Crippen MR) is 91.6 cm³/mol. The Morgan fingerprint density at radius 1 is 1.26 bits per heavy atom. The first-order chi connectivity index (χ1) is 10.9. The topological polar surface area (TPSA) is 95.5 Å². The first-order valence-electron chi connectivity index (χ1n) is 7.38. The monoisotopic (exact) mass is 338 g/mol. The van der Waals surface area contributed by atoms with Crippen molar-refractivity contribution in [3.05, 3.63) is 29.8 Å². The zero-order chi connectivity index (χ0) is 17.2. The molecular formula is C16H22N2O4S. The second kappa shape index (κ2) is 9.89. The summed E-state index contributed by atoms with van der Waals surface area (Å²) >= 11 is 1.34. The zero-order valence-corrected chi connectivity index (χ0v) is 14.1. The smallest absolute Gasteiger partial charge is 0.326 e. The number of carboxylic acids is 1. The predicted octanol–water partition coefficient (Wildman–Crippen LogP) is 2.04. The Hall–Kier alpha value is -2.02. The minimum absolute atomic E-state index is 0.127. The second-order valence-corrected chi connectivity index (χ2v) is 6.19. The number of aliphatic carboxylic acids is 1. The highest BCUT2D eigenvalue weighted by molar-refractivity contribution is 7.99. The van der Waals surface area contributed by atoms with E-state index in [0.717, 1.165) is 11.3 Å². The lowest BCUT2D eigenvalue weighted by Gasteiger charge is -2.11. The summed E-state index contributed by atoms with van der Waals surface area (Å²) in [4.78, 5) is 34.2. The number of hydrogen-bond donors (Lipinski definition) is 3. The van der Waals surface area contributed by atoms with Crippen molar-refractivity contribution in [3.8, 4) is 0 Å². The van der Waals surface area contributed by atoms with Gasteiger partial charge in [-0.1, -0.05) is 19.1 Å². The Morgan fingerprint density at radius 3 is 2.61 bits per heavy atom. The molecule has 0 bridgehead atoms. The lowest BCUT2D eigenvalue weighted by molar-refractivity contribution is -0.141. The number of benzene rings is 1. The molecule has 0 radical (unpaired) electrons. The molecule has 1 aromatic rings. The molecule has 0 spiro atoms. The number of aryl methyl sites for hydroxylation is 1. The van der Waals surface area contributed by atoms with Crippen molar-refractivity contribution >= 4 is 35.2 Å². The highest BCUT2D eigenvalue weighted by Gasteiger charge is 2.17. The number of carbonyl (C=O) groups excluding carboxylic acids is 2. The SMILES string of the molecule is CCC(NC(=O)CCSCC(=O)Nc1cccc(C)c1)C(=O)O. The third kappa shape index (κ3) is 7.69. The summed E-state index contributed by atoms with van der Waals surface area (Å²) in [6.45, 7) is 3.65. The van der Waals surface area contributed by atoms with Gasteiger partial charge in [-0.2, -0.15) is 11.8 Å². The van der Waals surface area contributed by atoms with Gasteiger partial charge in [0.25, 0.3) is 0 Å². The van der Waals surface area contributed by atoms with Crippen molar-refractivity contribution < 1.29 is 19.5 Å². The number of thioether (sulfide) groups is 1. The standard InChI is InChI=1S/C16H22N2O4S/c1-3-13(16(21)22)18-14(19)7-8-23-10-15(20)17-12-6-4-5-11(2)9-12/h4-6,9,13H,3,7-8,10H2,1-2H3,(H,17,20)(H,18,19)(H,21,22). The summed E-state index contributed by atoms with van der Waals surface area (Å²) in [6, 6.07) is 6.67. The van der Waals surface area contributed by atoms with E-state index in [2.05, 4.69) is 10.6 Å². The number of carbonyl (C=O) groups is 3. The van der Waals surface area contributed by atoms with Gasteiger partial charge in [-0.25, -0.2) is 4.79 Å². The molecule has 1 rings (SSSR count). The summed E-state index contributed by atoms with van der Waals surface area (Å²) in [7, 11) is 0. The molecule has 7 heteroatoms. The second-order valence-electron chi connectivity index (χ2n) is 5.09. The van der Waals surface area contributed by atoms with Crippen molar-refractivity contribution in [2.24, 2.45) is 0 Å². The fourth-order valence-corrected chi connectivity index (χ4v) is 2.59. The van der Waals surface area contributed by atoms with Crippen molar-refractivity contribution in [1.29, 1.82) is 0 Å². The average Bonchev–Trinajstić information content (AvgIpc) is 2.49. The van der Waals surface area contributed by atoms with E-state index in [1.807, 2.05) is 31.2 Å². The Balaban J connectivity index is 2.22. The molecule has 0 fully saturated rings. The third-order valence-corrected chi connectivity index (χ3v) is 4.01. The van der Waals surface area contributed by atoms with Crippen LogP contribution in [0.1, 0.15) is 25.3 Å². The van der Waals surface area contributed by atoms with E-state index in [4.69, 9.17) is 5.11 Å². The van der Waals surface area contributed by atoms with Gasteiger partial charge in [0.1, 0.15) is 6.04 Å². The number of amides is 2. The Labute approximate surface area is 140 Å². The lowest BCUT2D eigenvalue weighted by Crippen LogP contribution is -2.40. The zero-order valence-electron chi connectivity index (χ0n) is 13.3. The summed E-state index contributed by atoms with van der Waals surface area (Å²) < 4.78 is 0. The number of hydrogen-bond acceptors (Lipinski definition) is 4. The molecule has 1 unspecified atom stereocenters. The molecule has 6 nitrogen and oxygen atoms in total. The molecule has 0 saturated carbocycles. The minimum Gasteiger partial charge on any atom is -0.480 e. The summed E-state index contributed by atoms with van der Waals surface area (Å²) in [5.41, 5.74) is 1.82. The quantitative estimate of drug-likeness (QED) is 0.599. The van der Waals surface area contributed by atoms with E-state index in [-0.39, 0.29) is 24.0 Å². The Kier molecular flexibility index (Phi) is 8.18. The molecule has 2 amide bonds. The number of carboxylic acid groups (broad SMARTS) is 1. The normalized spacial score (nSPS) is 11.6. The molecule has 1 aromatic carbocycles. The summed E-state index contributed by atoms with van der Waals surface area (Å²) in [5.74, 6) is -0.768. The van der Waals surface area contributed by atoms with E-state index in [0.29, 0.717) is 12.2 Å². The van der Waals surface area contributed by atoms with Crippen LogP contribution in [-0.4, -0.2) is 40.4 Å². The van der Waals surface area contributed by atoms with Gasteiger partial charge in [-0.05, 0) is 31.0 Å². The van der Waals surface area contributed by atoms with E-state index in [1.165, 1.54) is 11.8 Å². The summed E-state index contributed by atoms with van der Waals surface area (Å²) in [5, 5.41) is 14.1. The highest BCUT2D eigenvalue weighted by atomic mass is 32.2. The van der Waals surface area contributed by atoms with Crippen molar-refractivity contribution in [1.82, 2.24) is 5.32 Å². The van der Waals surface area contributed by atoms with Crippen LogP contribution in [0.4, 0.5) is 5.69 Å². The number of anilines is 1. The first kappa shape index (κ1) is 19.0. The van der Waals surface area contributed by atoms with E-state index < -0.39 is 12.0 Å². The lowest BCUT2D eigenvalue weighted by atomic mass is 10.2. The average molecular weight is 338 g/mol. The van der Waals surface area contributed by atoms with Gasteiger partial charge < -0.3 is 15.7 Å². The molecule has 0 aromatic heterocycles. The summed E-state index contributed by atoms with van der Waals surface area (Å²) in [6.07, 6.45) is 0.527. The Bertz CT molecular complexity index is 563. The fourth-order valence-electron chi connectivity index (χ4n) is 1.85. The van der Waals surface area contributed by atoms with Gasteiger partial charge in [-0.3, -0.25) is 9.59 Å². The molecule has 1 atom stereocenters. The fraction of sp³-hybridized carbons (Fsp3) is 0.438.